The van der Waals surface area contributed by atoms with Crippen LogP contribution in [-0.4, -0.2) is 43.8 Å². The van der Waals surface area contributed by atoms with Crippen LogP contribution in [0.2, 0.25) is 0 Å². The molecule has 1 heterocycles. The Hall–Kier alpha value is -0.870. The molecule has 1 aliphatic heterocycles. The van der Waals surface area contributed by atoms with E-state index < -0.39 is 5.79 Å². The Kier molecular flexibility index (Phi) is 2.80. The average molecular weight is 211 g/mol. The van der Waals surface area contributed by atoms with Crippen molar-refractivity contribution in [2.75, 3.05) is 27.3 Å². The standard InChI is InChI=1S/C11H17NO3/c1-12(2)4-3-10(13)9-7-11(8-9)14-5-6-15-11/h3-4,9H,5-8H2,1-2H3/b4-3+. The molecule has 0 amide bonds. The third kappa shape index (κ3) is 2.21. The van der Waals surface area contributed by atoms with Crippen LogP contribution in [0.25, 0.3) is 0 Å². The molecular formula is C11H17NO3. The molecule has 4 heteroatoms. The molecule has 0 aromatic heterocycles. The SMILES string of the molecule is CN(C)/C=C/C(=O)C1CC2(C1)OCCO2. The van der Waals surface area contributed by atoms with Crippen molar-refractivity contribution in [3.8, 4) is 0 Å². The van der Waals surface area contributed by atoms with Crippen LogP contribution >= 0.6 is 0 Å². The zero-order chi connectivity index (χ0) is 10.9. The molecule has 84 valence electrons. The van der Waals surface area contributed by atoms with Gasteiger partial charge in [-0.1, -0.05) is 0 Å². The van der Waals surface area contributed by atoms with Gasteiger partial charge in [0.05, 0.1) is 13.2 Å². The lowest BCUT2D eigenvalue weighted by atomic mass is 9.76. The van der Waals surface area contributed by atoms with Gasteiger partial charge >= 0.3 is 0 Å². The highest BCUT2D eigenvalue weighted by Crippen LogP contribution is 2.44. The molecule has 0 atom stereocenters. The molecule has 2 rings (SSSR count). The fourth-order valence-electron chi connectivity index (χ4n) is 1.98. The van der Waals surface area contributed by atoms with Gasteiger partial charge in [0.2, 0.25) is 0 Å². The maximum atomic E-state index is 11.6. The molecule has 1 saturated heterocycles. The van der Waals surface area contributed by atoms with E-state index in [-0.39, 0.29) is 11.7 Å². The normalized spacial score (nSPS) is 24.7. The highest BCUT2D eigenvalue weighted by atomic mass is 16.7. The molecular weight excluding hydrogens is 194 g/mol. The van der Waals surface area contributed by atoms with Crippen molar-refractivity contribution in [3.63, 3.8) is 0 Å². The van der Waals surface area contributed by atoms with Gasteiger partial charge in [-0.25, -0.2) is 0 Å². The monoisotopic (exact) mass is 211 g/mol. The molecule has 0 bridgehead atoms. The summed E-state index contributed by atoms with van der Waals surface area (Å²) >= 11 is 0. The van der Waals surface area contributed by atoms with Crippen LogP contribution in [0.1, 0.15) is 12.8 Å². The summed E-state index contributed by atoms with van der Waals surface area (Å²) in [7, 11) is 3.80. The molecule has 0 aromatic rings. The quantitative estimate of drug-likeness (QED) is 0.647. The number of hydrogen-bond donors (Lipinski definition) is 0. The van der Waals surface area contributed by atoms with Crippen molar-refractivity contribution in [3.05, 3.63) is 12.3 Å². The predicted molar refractivity (Wildman–Crippen MR) is 55.2 cm³/mol. The number of rotatable bonds is 3. The van der Waals surface area contributed by atoms with E-state index in [0.717, 1.165) is 0 Å². The first-order valence-corrected chi connectivity index (χ1v) is 5.28. The number of carbonyl (C=O) groups excluding carboxylic acids is 1. The lowest BCUT2D eigenvalue weighted by molar-refractivity contribution is -0.227. The van der Waals surface area contributed by atoms with Crippen molar-refractivity contribution in [2.45, 2.75) is 18.6 Å². The number of carbonyl (C=O) groups is 1. The number of ketones is 1. The first kappa shape index (κ1) is 10.6. The third-order valence-corrected chi connectivity index (χ3v) is 2.87. The molecule has 4 nitrogen and oxygen atoms in total. The Morgan fingerprint density at radius 1 is 1.33 bits per heavy atom. The van der Waals surface area contributed by atoms with Gasteiger partial charge in [-0.3, -0.25) is 4.79 Å². The van der Waals surface area contributed by atoms with Crippen LogP contribution in [0.4, 0.5) is 0 Å². The first-order valence-electron chi connectivity index (χ1n) is 5.28. The van der Waals surface area contributed by atoms with Crippen molar-refractivity contribution >= 4 is 5.78 Å². The largest absolute Gasteiger partial charge is 0.383 e. The van der Waals surface area contributed by atoms with Crippen LogP contribution in [0.5, 0.6) is 0 Å². The maximum Gasteiger partial charge on any atom is 0.169 e. The van der Waals surface area contributed by atoms with Gasteiger partial charge < -0.3 is 14.4 Å². The number of hydrogen-bond acceptors (Lipinski definition) is 4. The fourth-order valence-corrected chi connectivity index (χ4v) is 1.98. The van der Waals surface area contributed by atoms with Gasteiger partial charge in [0.25, 0.3) is 0 Å². The lowest BCUT2D eigenvalue weighted by Gasteiger charge is -2.41. The second-order valence-corrected chi connectivity index (χ2v) is 4.39. The third-order valence-electron chi connectivity index (χ3n) is 2.87. The Labute approximate surface area is 89.8 Å². The molecule has 0 N–H and O–H groups in total. The number of nitrogens with zero attached hydrogens (tertiary/aromatic N) is 1. The Bertz CT molecular complexity index is 272. The van der Waals surface area contributed by atoms with Crippen molar-refractivity contribution in [1.29, 1.82) is 0 Å². The van der Waals surface area contributed by atoms with E-state index in [1.165, 1.54) is 0 Å². The smallest absolute Gasteiger partial charge is 0.169 e. The zero-order valence-corrected chi connectivity index (χ0v) is 9.23. The summed E-state index contributed by atoms with van der Waals surface area (Å²) in [5, 5.41) is 0. The minimum atomic E-state index is -0.410. The van der Waals surface area contributed by atoms with E-state index in [1.807, 2.05) is 19.0 Å². The first-order chi connectivity index (χ1) is 7.11. The van der Waals surface area contributed by atoms with Crippen molar-refractivity contribution in [1.82, 2.24) is 4.90 Å². The van der Waals surface area contributed by atoms with Crippen LogP contribution in [0, 0.1) is 5.92 Å². The van der Waals surface area contributed by atoms with Crippen LogP contribution in [0.3, 0.4) is 0 Å². The molecule has 1 saturated carbocycles. The zero-order valence-electron chi connectivity index (χ0n) is 9.23. The second kappa shape index (κ2) is 3.94. The minimum absolute atomic E-state index is 0.0827. The topological polar surface area (TPSA) is 38.8 Å². The number of allylic oxidation sites excluding steroid dienone is 1. The van der Waals surface area contributed by atoms with E-state index in [2.05, 4.69) is 0 Å². The van der Waals surface area contributed by atoms with Crippen molar-refractivity contribution < 1.29 is 14.3 Å². The van der Waals surface area contributed by atoms with E-state index >= 15 is 0 Å². The summed E-state index contributed by atoms with van der Waals surface area (Å²) < 4.78 is 10.9. The molecule has 1 spiro atoms. The minimum Gasteiger partial charge on any atom is -0.383 e. The van der Waals surface area contributed by atoms with Gasteiger partial charge in [0.15, 0.2) is 11.6 Å². The Morgan fingerprint density at radius 2 is 1.93 bits per heavy atom. The van der Waals surface area contributed by atoms with E-state index in [9.17, 15) is 4.79 Å². The lowest BCUT2D eigenvalue weighted by Crippen LogP contribution is -2.47. The van der Waals surface area contributed by atoms with Gasteiger partial charge in [-0.2, -0.15) is 0 Å². The second-order valence-electron chi connectivity index (χ2n) is 4.39. The van der Waals surface area contributed by atoms with E-state index in [1.54, 1.807) is 12.3 Å². The van der Waals surface area contributed by atoms with Crippen LogP contribution < -0.4 is 0 Å². The molecule has 2 fully saturated rings. The Morgan fingerprint density at radius 3 is 2.47 bits per heavy atom. The molecule has 0 radical (unpaired) electrons. The van der Waals surface area contributed by atoms with Gasteiger partial charge in [0, 0.05) is 39.1 Å². The highest BCUT2D eigenvalue weighted by Gasteiger charge is 2.51. The summed E-state index contributed by atoms with van der Waals surface area (Å²) in [6.45, 7) is 1.32. The molecule has 15 heavy (non-hydrogen) atoms. The fraction of sp³-hybridized carbons (Fsp3) is 0.727. The summed E-state index contributed by atoms with van der Waals surface area (Å²) in [5.41, 5.74) is 0. The average Bonchev–Trinajstić information content (AvgIpc) is 2.60. The van der Waals surface area contributed by atoms with Gasteiger partial charge in [0.1, 0.15) is 0 Å². The highest BCUT2D eigenvalue weighted by molar-refractivity contribution is 5.92. The van der Waals surface area contributed by atoms with Crippen LogP contribution in [0.15, 0.2) is 12.3 Å². The van der Waals surface area contributed by atoms with Crippen molar-refractivity contribution in [2.24, 2.45) is 5.92 Å². The van der Waals surface area contributed by atoms with E-state index in [4.69, 9.17) is 9.47 Å². The molecule has 0 unspecified atom stereocenters. The molecule has 0 aromatic carbocycles. The predicted octanol–water partition coefficient (Wildman–Crippen LogP) is 0.784. The van der Waals surface area contributed by atoms with Gasteiger partial charge in [-0.15, -0.1) is 0 Å². The van der Waals surface area contributed by atoms with E-state index in [0.29, 0.717) is 26.1 Å². The summed E-state index contributed by atoms with van der Waals surface area (Å²) in [5.74, 6) is -0.153. The van der Waals surface area contributed by atoms with Crippen LogP contribution in [-0.2, 0) is 14.3 Å². The Balaban J connectivity index is 1.81. The number of ether oxygens (including phenoxy) is 2. The summed E-state index contributed by atoms with van der Waals surface area (Å²) in [6, 6.07) is 0. The molecule has 1 aliphatic carbocycles. The molecule has 2 aliphatic rings. The van der Waals surface area contributed by atoms with Gasteiger partial charge in [-0.05, 0) is 6.08 Å². The summed E-state index contributed by atoms with van der Waals surface area (Å²) in [4.78, 5) is 13.5. The summed E-state index contributed by atoms with van der Waals surface area (Å²) in [6.07, 6.45) is 4.84. The maximum absolute atomic E-state index is 11.6.